The molecule has 2 aliphatic rings. The fourth-order valence-electron chi connectivity index (χ4n) is 3.50. The molecule has 0 aromatic carbocycles. The van der Waals surface area contributed by atoms with Gasteiger partial charge in [-0.25, -0.2) is 14.6 Å². The molecule has 2 aromatic heterocycles. The van der Waals surface area contributed by atoms with Crippen molar-refractivity contribution in [2.75, 3.05) is 12.3 Å². The molecule has 5 atom stereocenters. The first-order valence-electron chi connectivity index (χ1n) is 8.11. The molecule has 2 aliphatic heterocycles. The maximum absolute atomic E-state index is 10.0. The average Bonchev–Trinajstić information content (AvgIpc) is 3.16. The zero-order valence-corrected chi connectivity index (χ0v) is 14.2. The number of aliphatic hydroxyl groups excluding tert-OH is 2. The van der Waals surface area contributed by atoms with E-state index in [9.17, 15) is 10.2 Å². The van der Waals surface area contributed by atoms with Crippen molar-refractivity contribution in [3.05, 3.63) is 12.0 Å². The van der Waals surface area contributed by atoms with Gasteiger partial charge in [0, 0.05) is 0 Å². The predicted octanol–water partition coefficient (Wildman–Crippen LogP) is -0.128. The van der Waals surface area contributed by atoms with Gasteiger partial charge in [0.1, 0.15) is 36.2 Å². The summed E-state index contributed by atoms with van der Waals surface area (Å²) in [6.45, 7) is 4.99. The Morgan fingerprint density at radius 1 is 1.32 bits per heavy atom. The SMILES string of the molecule is CC(O)c1nn([C@@H]2O[C@H](CO)[C@H]3OC(C)(C)O[C@H]32)c2ncnc(N)c12. The molecule has 4 N–H and O–H groups in total. The fraction of sp³-hybridized carbons (Fsp3) is 0.667. The Balaban J connectivity index is 1.83. The average molecular weight is 351 g/mol. The van der Waals surface area contributed by atoms with E-state index in [1.807, 2.05) is 0 Å². The first kappa shape index (κ1) is 16.6. The van der Waals surface area contributed by atoms with Gasteiger partial charge in [0.25, 0.3) is 0 Å². The maximum atomic E-state index is 10.0. The third kappa shape index (κ3) is 2.49. The minimum atomic E-state index is -0.861. The number of aliphatic hydroxyl groups is 2. The number of aromatic nitrogens is 4. The van der Waals surface area contributed by atoms with Gasteiger partial charge in [-0.1, -0.05) is 0 Å². The van der Waals surface area contributed by atoms with Crippen LogP contribution in [0.15, 0.2) is 6.33 Å². The van der Waals surface area contributed by atoms with Crippen LogP contribution in [-0.2, 0) is 14.2 Å². The van der Waals surface area contributed by atoms with E-state index in [4.69, 9.17) is 19.9 Å². The van der Waals surface area contributed by atoms with Gasteiger partial charge in [-0.3, -0.25) is 0 Å². The topological polar surface area (TPSA) is 138 Å². The highest BCUT2D eigenvalue weighted by atomic mass is 16.8. The number of rotatable bonds is 3. The molecule has 0 aliphatic carbocycles. The van der Waals surface area contributed by atoms with Crippen molar-refractivity contribution in [2.24, 2.45) is 0 Å². The van der Waals surface area contributed by atoms with Gasteiger partial charge in [-0.05, 0) is 20.8 Å². The summed E-state index contributed by atoms with van der Waals surface area (Å²) in [7, 11) is 0. The van der Waals surface area contributed by atoms with Crippen LogP contribution in [0.2, 0.25) is 0 Å². The molecule has 10 heteroatoms. The highest BCUT2D eigenvalue weighted by molar-refractivity contribution is 5.88. The summed E-state index contributed by atoms with van der Waals surface area (Å²) in [5, 5.41) is 24.6. The third-order valence-electron chi connectivity index (χ3n) is 4.49. The molecular formula is C15H21N5O5. The van der Waals surface area contributed by atoms with Crippen LogP contribution in [0.4, 0.5) is 5.82 Å². The van der Waals surface area contributed by atoms with Crippen LogP contribution in [0.1, 0.15) is 38.8 Å². The number of anilines is 1. The summed E-state index contributed by atoms with van der Waals surface area (Å²) in [5.41, 5.74) is 6.75. The summed E-state index contributed by atoms with van der Waals surface area (Å²) < 4.78 is 19.3. The van der Waals surface area contributed by atoms with E-state index in [-0.39, 0.29) is 12.4 Å². The number of fused-ring (bicyclic) bond motifs is 2. The van der Waals surface area contributed by atoms with E-state index < -0.39 is 36.4 Å². The van der Waals surface area contributed by atoms with Crippen molar-refractivity contribution < 1.29 is 24.4 Å². The molecule has 0 bridgehead atoms. The Morgan fingerprint density at radius 3 is 2.72 bits per heavy atom. The van der Waals surface area contributed by atoms with E-state index >= 15 is 0 Å². The zero-order valence-electron chi connectivity index (χ0n) is 14.2. The molecule has 1 unspecified atom stereocenters. The predicted molar refractivity (Wildman–Crippen MR) is 85.2 cm³/mol. The molecule has 0 spiro atoms. The van der Waals surface area contributed by atoms with Gasteiger partial charge in [0.15, 0.2) is 17.7 Å². The molecule has 0 amide bonds. The van der Waals surface area contributed by atoms with Crippen molar-refractivity contribution in [1.29, 1.82) is 0 Å². The van der Waals surface area contributed by atoms with Gasteiger partial charge in [0.05, 0.1) is 18.1 Å². The van der Waals surface area contributed by atoms with Crippen LogP contribution >= 0.6 is 0 Å². The molecule has 2 fully saturated rings. The van der Waals surface area contributed by atoms with Gasteiger partial charge in [-0.2, -0.15) is 5.10 Å². The van der Waals surface area contributed by atoms with Gasteiger partial charge in [-0.15, -0.1) is 0 Å². The third-order valence-corrected chi connectivity index (χ3v) is 4.49. The molecule has 10 nitrogen and oxygen atoms in total. The Morgan fingerprint density at radius 2 is 2.04 bits per heavy atom. The van der Waals surface area contributed by atoms with Crippen molar-refractivity contribution in [2.45, 2.75) is 57.2 Å². The zero-order chi connectivity index (χ0) is 17.9. The quantitative estimate of drug-likeness (QED) is 0.690. The summed E-state index contributed by atoms with van der Waals surface area (Å²) in [6.07, 6.45) is -1.67. The van der Waals surface area contributed by atoms with E-state index in [1.165, 1.54) is 11.0 Å². The summed E-state index contributed by atoms with van der Waals surface area (Å²) in [6, 6.07) is 0. The van der Waals surface area contributed by atoms with Gasteiger partial charge in [0.2, 0.25) is 0 Å². The largest absolute Gasteiger partial charge is 0.394 e. The first-order chi connectivity index (χ1) is 11.8. The molecule has 2 saturated heterocycles. The second kappa shape index (κ2) is 5.58. The van der Waals surface area contributed by atoms with Crippen molar-refractivity contribution in [3.63, 3.8) is 0 Å². The normalized spacial score (nSPS) is 32.2. The number of nitrogens with two attached hydrogens (primary N) is 1. The molecule has 25 heavy (non-hydrogen) atoms. The summed E-state index contributed by atoms with van der Waals surface area (Å²) >= 11 is 0. The highest BCUT2D eigenvalue weighted by Gasteiger charge is 2.56. The van der Waals surface area contributed by atoms with Gasteiger partial charge < -0.3 is 30.2 Å². The van der Waals surface area contributed by atoms with Crippen molar-refractivity contribution in [3.8, 4) is 0 Å². The van der Waals surface area contributed by atoms with Crippen LogP contribution < -0.4 is 5.73 Å². The molecule has 0 saturated carbocycles. The fourth-order valence-corrected chi connectivity index (χ4v) is 3.50. The molecule has 0 radical (unpaired) electrons. The smallest absolute Gasteiger partial charge is 0.181 e. The molecule has 2 aromatic rings. The maximum Gasteiger partial charge on any atom is 0.181 e. The van der Waals surface area contributed by atoms with Crippen molar-refractivity contribution >= 4 is 16.9 Å². The molecular weight excluding hydrogens is 330 g/mol. The van der Waals surface area contributed by atoms with E-state index in [1.54, 1.807) is 20.8 Å². The lowest BCUT2D eigenvalue weighted by Crippen LogP contribution is -2.31. The van der Waals surface area contributed by atoms with Crippen LogP contribution in [0.3, 0.4) is 0 Å². The van der Waals surface area contributed by atoms with Crippen LogP contribution in [0.25, 0.3) is 11.0 Å². The molecule has 136 valence electrons. The Labute approximate surface area is 143 Å². The Hall–Kier alpha value is -1.85. The lowest BCUT2D eigenvalue weighted by Gasteiger charge is -2.23. The number of nitrogen functional groups attached to an aromatic ring is 1. The Bertz CT molecular complexity index is 807. The van der Waals surface area contributed by atoms with Gasteiger partial charge >= 0.3 is 0 Å². The van der Waals surface area contributed by atoms with E-state index in [0.717, 1.165) is 0 Å². The number of hydrogen-bond acceptors (Lipinski definition) is 9. The lowest BCUT2D eigenvalue weighted by atomic mass is 10.1. The minimum Gasteiger partial charge on any atom is -0.394 e. The van der Waals surface area contributed by atoms with E-state index in [0.29, 0.717) is 16.7 Å². The number of nitrogens with zero attached hydrogens (tertiary/aromatic N) is 4. The summed E-state index contributed by atoms with van der Waals surface area (Å²) in [4.78, 5) is 8.23. The second-order valence-corrected chi connectivity index (χ2v) is 6.78. The van der Waals surface area contributed by atoms with E-state index in [2.05, 4.69) is 15.1 Å². The van der Waals surface area contributed by atoms with Crippen LogP contribution in [-0.4, -0.2) is 60.7 Å². The highest BCUT2D eigenvalue weighted by Crippen LogP contribution is 2.44. The standard InChI is InChI=1S/C15H21N5O5/c1-6(22)9-8-12(16)17-5-18-13(8)20(19-9)14-11-10(7(4-21)23-14)24-15(2,3)25-11/h5-7,10-11,14,21-22H,4H2,1-3H3,(H2,16,17,18)/t6?,7-,10-,11-,14-/m1/s1. The lowest BCUT2D eigenvalue weighted by molar-refractivity contribution is -0.201. The monoisotopic (exact) mass is 351 g/mol. The van der Waals surface area contributed by atoms with Crippen LogP contribution in [0.5, 0.6) is 0 Å². The molecule has 4 heterocycles. The second-order valence-electron chi connectivity index (χ2n) is 6.78. The van der Waals surface area contributed by atoms with Crippen LogP contribution in [0, 0.1) is 0 Å². The molecule has 4 rings (SSSR count). The Kier molecular flexibility index (Phi) is 3.71. The summed E-state index contributed by atoms with van der Waals surface area (Å²) in [5.74, 6) is -0.571. The minimum absolute atomic E-state index is 0.212. The first-order valence-corrected chi connectivity index (χ1v) is 8.11. The van der Waals surface area contributed by atoms with Crippen molar-refractivity contribution in [1.82, 2.24) is 19.7 Å². The number of ether oxygens (including phenoxy) is 3. The number of hydrogen-bond donors (Lipinski definition) is 3.